The van der Waals surface area contributed by atoms with E-state index in [1.165, 1.54) is 12.3 Å². The molecule has 0 N–H and O–H groups in total. The highest BCUT2D eigenvalue weighted by Gasteiger charge is 2.08. The van der Waals surface area contributed by atoms with E-state index in [0.717, 1.165) is 4.09 Å². The Labute approximate surface area is 59.5 Å². The number of rotatable bonds is 2. The number of hydrogen-bond acceptors (Lipinski definition) is 3. The monoisotopic (exact) mass is 159 g/mol. The minimum atomic E-state index is -3.20. The maximum atomic E-state index is 10.9. The maximum Gasteiger partial charge on any atom is 0.254 e. The first-order valence-corrected chi connectivity index (χ1v) is 4.42. The van der Waals surface area contributed by atoms with Crippen molar-refractivity contribution in [1.82, 2.24) is 9.19 Å². The van der Waals surface area contributed by atoms with Crippen molar-refractivity contribution in [3.63, 3.8) is 0 Å². The van der Waals surface area contributed by atoms with Crippen LogP contribution in [0, 0.1) is 6.20 Å². The van der Waals surface area contributed by atoms with E-state index in [-0.39, 0.29) is 5.75 Å². The van der Waals surface area contributed by atoms with Crippen molar-refractivity contribution in [2.24, 2.45) is 0 Å². The fraction of sp³-hybridized carbons (Fsp3) is 0.400. The van der Waals surface area contributed by atoms with Crippen molar-refractivity contribution < 1.29 is 8.42 Å². The first-order chi connectivity index (χ1) is 4.67. The van der Waals surface area contributed by atoms with Gasteiger partial charge in [0.1, 0.15) is 6.20 Å². The topological polar surface area (TPSA) is 52.0 Å². The fourth-order valence-corrected chi connectivity index (χ4v) is 1.16. The molecule has 0 aliphatic rings. The molecule has 4 nitrogen and oxygen atoms in total. The second-order valence-corrected chi connectivity index (χ2v) is 3.79. The fourth-order valence-electron chi connectivity index (χ4n) is 0.499. The predicted octanol–water partition coefficient (Wildman–Crippen LogP) is -0.119. The zero-order valence-electron chi connectivity index (χ0n) is 5.48. The summed E-state index contributed by atoms with van der Waals surface area (Å²) in [6.45, 7) is 1.56. The van der Waals surface area contributed by atoms with Crippen LogP contribution in [-0.4, -0.2) is 23.4 Å². The maximum absolute atomic E-state index is 10.9. The van der Waals surface area contributed by atoms with Crippen LogP contribution >= 0.6 is 0 Å². The standard InChI is InChI=1S/C5H7N2O2S/c1-2-10(8,9)7-5-3-4-6-7/h3-4H,2H2,1H3. The molecule has 0 unspecified atom stereocenters. The van der Waals surface area contributed by atoms with Crippen LogP contribution in [0.4, 0.5) is 0 Å². The molecule has 0 aliphatic heterocycles. The highest BCUT2D eigenvalue weighted by Crippen LogP contribution is 1.92. The first kappa shape index (κ1) is 7.27. The predicted molar refractivity (Wildman–Crippen MR) is 35.9 cm³/mol. The van der Waals surface area contributed by atoms with Crippen LogP contribution < -0.4 is 0 Å². The Morgan fingerprint density at radius 3 is 2.80 bits per heavy atom. The lowest BCUT2D eigenvalue weighted by molar-refractivity contribution is 0.581. The summed E-state index contributed by atoms with van der Waals surface area (Å²) >= 11 is 0. The average Bonchev–Trinajstić information content (AvgIpc) is 2.38. The molecule has 10 heavy (non-hydrogen) atoms. The van der Waals surface area contributed by atoms with E-state index < -0.39 is 10.0 Å². The van der Waals surface area contributed by atoms with E-state index in [9.17, 15) is 8.42 Å². The summed E-state index contributed by atoms with van der Waals surface area (Å²) in [6.07, 6.45) is 3.83. The van der Waals surface area contributed by atoms with Gasteiger partial charge < -0.3 is 0 Å². The number of nitrogens with zero attached hydrogens (tertiary/aromatic N) is 2. The molecule has 0 fully saturated rings. The minimum Gasteiger partial charge on any atom is -0.205 e. The molecule has 0 amide bonds. The molecule has 1 rings (SSSR count). The number of hydrogen-bond donors (Lipinski definition) is 0. The Balaban J connectivity index is 3.09. The molecule has 0 atom stereocenters. The lowest BCUT2D eigenvalue weighted by Gasteiger charge is -1.96. The third-order valence-corrected chi connectivity index (χ3v) is 2.52. The quantitative estimate of drug-likeness (QED) is 0.604. The van der Waals surface area contributed by atoms with Gasteiger partial charge in [0.15, 0.2) is 0 Å². The molecule has 0 aliphatic carbocycles. The van der Waals surface area contributed by atoms with Gasteiger partial charge in [0.25, 0.3) is 10.0 Å². The Hall–Kier alpha value is -0.840. The van der Waals surface area contributed by atoms with Crippen LogP contribution in [0.25, 0.3) is 0 Å². The van der Waals surface area contributed by atoms with Crippen molar-refractivity contribution in [3.05, 3.63) is 18.5 Å². The first-order valence-electron chi connectivity index (χ1n) is 2.82. The molecule has 0 saturated heterocycles. The van der Waals surface area contributed by atoms with E-state index in [4.69, 9.17) is 0 Å². The van der Waals surface area contributed by atoms with Gasteiger partial charge in [0, 0.05) is 0 Å². The normalized spacial score (nSPS) is 11.7. The van der Waals surface area contributed by atoms with Crippen molar-refractivity contribution in [2.45, 2.75) is 6.92 Å². The van der Waals surface area contributed by atoms with Gasteiger partial charge in [0.2, 0.25) is 0 Å². The second-order valence-electron chi connectivity index (χ2n) is 1.70. The third kappa shape index (κ3) is 1.18. The van der Waals surface area contributed by atoms with Crippen molar-refractivity contribution in [3.8, 4) is 0 Å². The molecular weight excluding hydrogens is 152 g/mol. The lowest BCUT2D eigenvalue weighted by Crippen LogP contribution is -2.15. The highest BCUT2D eigenvalue weighted by atomic mass is 32.2. The molecule has 5 heteroatoms. The van der Waals surface area contributed by atoms with Gasteiger partial charge >= 0.3 is 0 Å². The zero-order chi connectivity index (χ0) is 7.61. The SMILES string of the molecule is CCS(=O)(=O)n1[c]ccn1. The van der Waals surface area contributed by atoms with Crippen LogP contribution in [0.15, 0.2) is 12.3 Å². The Bertz CT molecular complexity index is 287. The summed E-state index contributed by atoms with van der Waals surface area (Å²) < 4.78 is 22.7. The summed E-state index contributed by atoms with van der Waals surface area (Å²) in [5.41, 5.74) is 0. The van der Waals surface area contributed by atoms with Crippen LogP contribution in [-0.2, 0) is 10.0 Å². The molecule has 0 bridgehead atoms. The van der Waals surface area contributed by atoms with Crippen LogP contribution in [0.1, 0.15) is 6.92 Å². The molecule has 1 aromatic rings. The van der Waals surface area contributed by atoms with Crippen LogP contribution in [0.5, 0.6) is 0 Å². The van der Waals surface area contributed by atoms with E-state index in [1.54, 1.807) is 6.92 Å². The van der Waals surface area contributed by atoms with Crippen LogP contribution in [0.3, 0.4) is 0 Å². The molecule has 0 saturated carbocycles. The van der Waals surface area contributed by atoms with E-state index in [2.05, 4.69) is 11.3 Å². The molecule has 0 spiro atoms. The van der Waals surface area contributed by atoms with E-state index in [1.807, 2.05) is 0 Å². The van der Waals surface area contributed by atoms with Gasteiger partial charge in [-0.15, -0.1) is 0 Å². The lowest BCUT2D eigenvalue weighted by atomic mass is 10.8. The van der Waals surface area contributed by atoms with Gasteiger partial charge in [-0.25, -0.2) is 8.42 Å². The number of aromatic nitrogens is 2. The minimum absolute atomic E-state index is 0.0468. The van der Waals surface area contributed by atoms with E-state index >= 15 is 0 Å². The summed E-state index contributed by atoms with van der Waals surface area (Å²) in [6, 6.07) is 1.45. The molecule has 1 aromatic heterocycles. The summed E-state index contributed by atoms with van der Waals surface area (Å²) in [5.74, 6) is 0.0468. The molecule has 55 valence electrons. The Morgan fingerprint density at radius 1 is 1.70 bits per heavy atom. The molecular formula is C5H7N2O2S. The van der Waals surface area contributed by atoms with Gasteiger partial charge in [-0.1, -0.05) is 0 Å². The molecule has 1 heterocycles. The van der Waals surface area contributed by atoms with Crippen molar-refractivity contribution in [1.29, 1.82) is 0 Å². The Morgan fingerprint density at radius 2 is 2.40 bits per heavy atom. The Kier molecular flexibility index (Phi) is 1.76. The van der Waals surface area contributed by atoms with Crippen LogP contribution in [0.2, 0.25) is 0 Å². The molecule has 0 aromatic carbocycles. The van der Waals surface area contributed by atoms with E-state index in [0.29, 0.717) is 0 Å². The average molecular weight is 159 g/mol. The second kappa shape index (κ2) is 2.42. The van der Waals surface area contributed by atoms with Gasteiger partial charge in [-0.2, -0.15) is 9.19 Å². The highest BCUT2D eigenvalue weighted by molar-refractivity contribution is 7.89. The summed E-state index contributed by atoms with van der Waals surface area (Å²) in [4.78, 5) is 0. The largest absolute Gasteiger partial charge is 0.254 e. The van der Waals surface area contributed by atoms with Gasteiger partial charge in [0.05, 0.1) is 11.9 Å². The molecule has 1 radical (unpaired) electrons. The van der Waals surface area contributed by atoms with Gasteiger partial charge in [-0.05, 0) is 13.0 Å². The van der Waals surface area contributed by atoms with Gasteiger partial charge in [-0.3, -0.25) is 0 Å². The zero-order valence-corrected chi connectivity index (χ0v) is 6.30. The summed E-state index contributed by atoms with van der Waals surface area (Å²) in [5, 5.41) is 3.53. The smallest absolute Gasteiger partial charge is 0.205 e. The summed E-state index contributed by atoms with van der Waals surface area (Å²) in [7, 11) is -3.20. The van der Waals surface area contributed by atoms with Crippen molar-refractivity contribution in [2.75, 3.05) is 5.75 Å². The van der Waals surface area contributed by atoms with Crippen molar-refractivity contribution >= 4 is 10.0 Å². The third-order valence-electron chi connectivity index (χ3n) is 1.06.